The Morgan fingerprint density at radius 3 is 0.807 bits per heavy atom. The summed E-state index contributed by atoms with van der Waals surface area (Å²) < 4.78 is 18.1. The van der Waals surface area contributed by atoms with E-state index in [1.165, 1.54) is 35.8 Å². The van der Waals surface area contributed by atoms with Gasteiger partial charge in [0.15, 0.2) is 18.3 Å². The van der Waals surface area contributed by atoms with E-state index in [1.54, 1.807) is 114 Å². The molecule has 0 saturated carbocycles. The van der Waals surface area contributed by atoms with E-state index < -0.39 is 89.8 Å². The van der Waals surface area contributed by atoms with E-state index in [0.29, 0.717) is 0 Å². The predicted molar refractivity (Wildman–Crippen MR) is 214 cm³/mol. The zero-order valence-electron chi connectivity index (χ0n) is 34.5. The van der Waals surface area contributed by atoms with E-state index in [0.717, 1.165) is 16.7 Å². The summed E-state index contributed by atoms with van der Waals surface area (Å²) in [5.74, 6) is -6.18. The first-order chi connectivity index (χ1) is 27.0. The Morgan fingerprint density at radius 2 is 0.614 bits per heavy atom. The molecule has 0 aliphatic carbocycles. The van der Waals surface area contributed by atoms with Gasteiger partial charge in [0.25, 0.3) is 17.7 Å². The third kappa shape index (κ3) is 11.3. The number of rotatable bonds is 9. The molecular weight excluding hydrogens is 727 g/mol. The van der Waals surface area contributed by atoms with Gasteiger partial charge in [-0.15, -0.1) is 0 Å². The molecule has 1 heterocycles. The maximum Gasteiger partial charge on any atom is 0.329 e. The second-order valence-corrected chi connectivity index (χ2v) is 15.8. The molecule has 0 N–H and O–H groups in total. The van der Waals surface area contributed by atoms with Gasteiger partial charge < -0.3 is 28.9 Å². The summed E-state index contributed by atoms with van der Waals surface area (Å²) >= 11 is 0. The topological polar surface area (TPSA) is 140 Å². The number of hydrogen-bond acceptors (Lipinski definition) is 9. The fourth-order valence-electron chi connectivity index (χ4n) is 6.74. The largest absolute Gasteiger partial charge is 0.450 e. The van der Waals surface area contributed by atoms with Crippen LogP contribution in [0.1, 0.15) is 58.2 Å². The summed E-state index contributed by atoms with van der Waals surface area (Å²) in [6.07, 6.45) is -3.99. The Labute approximate surface area is 336 Å². The standard InChI is InChI=1S/C45H57N3O9/c1-28(2)37-40(49)46(7)35(26-32-21-15-11-16-22-32)44(53)56-39(30(5)6)42(51)48(9)36(27-33-23-17-12-18-24-33)45(54)57-38(29(3)4)41(50)47(8)34(43(52)55-37)25-31-19-13-10-14-20-31/h10-24,28-30,34-39H,25-27H2,1-9H3/t34-,35-,36-,37+,38?,39?/m0/s1. The van der Waals surface area contributed by atoms with E-state index in [4.69, 9.17) is 14.2 Å². The molecule has 57 heavy (non-hydrogen) atoms. The molecule has 4 rings (SSSR count). The molecule has 0 spiro atoms. The average Bonchev–Trinajstić information content (AvgIpc) is 3.19. The minimum Gasteiger partial charge on any atom is -0.450 e. The highest BCUT2D eigenvalue weighted by atomic mass is 16.6. The fourth-order valence-corrected chi connectivity index (χ4v) is 6.74. The summed E-state index contributed by atoms with van der Waals surface area (Å²) in [7, 11) is 4.31. The molecule has 12 nitrogen and oxygen atoms in total. The lowest BCUT2D eigenvalue weighted by Crippen LogP contribution is -2.56. The smallest absolute Gasteiger partial charge is 0.329 e. The van der Waals surface area contributed by atoms with Gasteiger partial charge in [-0.25, -0.2) is 14.4 Å². The highest BCUT2D eigenvalue weighted by molar-refractivity contribution is 5.94. The third-order valence-corrected chi connectivity index (χ3v) is 10.4. The van der Waals surface area contributed by atoms with Gasteiger partial charge in [-0.05, 0) is 34.4 Å². The van der Waals surface area contributed by atoms with Gasteiger partial charge in [0, 0.05) is 40.4 Å². The van der Waals surface area contributed by atoms with Crippen molar-refractivity contribution in [1.82, 2.24) is 14.7 Å². The van der Waals surface area contributed by atoms with E-state index in [1.807, 2.05) is 18.2 Å². The first kappa shape index (κ1) is 44.2. The summed E-state index contributed by atoms with van der Waals surface area (Å²) in [6, 6.07) is 23.4. The van der Waals surface area contributed by atoms with Crippen molar-refractivity contribution in [1.29, 1.82) is 0 Å². The highest BCUT2D eigenvalue weighted by Crippen LogP contribution is 2.24. The second kappa shape index (κ2) is 20.1. The molecule has 3 aromatic carbocycles. The molecule has 2 unspecified atom stereocenters. The highest BCUT2D eigenvalue weighted by Gasteiger charge is 2.44. The predicted octanol–water partition coefficient (Wildman–Crippen LogP) is 4.91. The number of carbonyl (C=O) groups excluding carboxylic acids is 6. The van der Waals surface area contributed by atoms with Gasteiger partial charge in [0.05, 0.1) is 0 Å². The van der Waals surface area contributed by atoms with Crippen LogP contribution in [0.3, 0.4) is 0 Å². The minimum atomic E-state index is -1.36. The molecule has 0 bridgehead atoms. The van der Waals surface area contributed by atoms with E-state index in [-0.39, 0.29) is 19.3 Å². The van der Waals surface area contributed by atoms with Crippen LogP contribution in [-0.2, 0) is 62.2 Å². The van der Waals surface area contributed by atoms with E-state index in [9.17, 15) is 28.8 Å². The van der Waals surface area contributed by atoms with Crippen molar-refractivity contribution in [3.8, 4) is 0 Å². The zero-order chi connectivity index (χ0) is 42.0. The molecule has 12 heteroatoms. The number of benzene rings is 3. The van der Waals surface area contributed by atoms with Gasteiger partial charge >= 0.3 is 17.9 Å². The second-order valence-electron chi connectivity index (χ2n) is 15.8. The number of esters is 3. The van der Waals surface area contributed by atoms with Crippen LogP contribution in [0.2, 0.25) is 0 Å². The first-order valence-electron chi connectivity index (χ1n) is 19.5. The number of likely N-dealkylation sites (N-methyl/N-ethyl adjacent to an activating group) is 3. The Bertz CT molecular complexity index is 1620. The van der Waals surface area contributed by atoms with Gasteiger partial charge in [-0.2, -0.15) is 0 Å². The summed E-state index contributed by atoms with van der Waals surface area (Å²) in [5, 5.41) is 0. The maximum atomic E-state index is 14.4. The number of nitrogens with zero attached hydrogens (tertiary/aromatic N) is 3. The molecule has 0 aromatic heterocycles. The lowest BCUT2D eigenvalue weighted by atomic mass is 9.99. The van der Waals surface area contributed by atoms with E-state index in [2.05, 4.69) is 0 Å². The lowest BCUT2D eigenvalue weighted by molar-refractivity contribution is -0.179. The van der Waals surface area contributed by atoms with Crippen molar-refractivity contribution in [3.63, 3.8) is 0 Å². The maximum absolute atomic E-state index is 14.4. The number of ether oxygens (including phenoxy) is 3. The SMILES string of the molecule is CC(C)C1OC(=O)[C@H](Cc2ccccc2)N(C)C(=O)C(C(C)C)OC(=O)[C@H](Cc2ccccc2)N(C)C(=O)[C@@H](C(C)C)OC(=O)[C@H](Cc2ccccc2)N(C)C1=O. The van der Waals surface area contributed by atoms with Crippen LogP contribution < -0.4 is 0 Å². The number of amides is 3. The lowest BCUT2D eigenvalue weighted by Gasteiger charge is -2.37. The van der Waals surface area contributed by atoms with Crippen LogP contribution in [0.4, 0.5) is 0 Å². The van der Waals surface area contributed by atoms with Crippen LogP contribution >= 0.6 is 0 Å². The van der Waals surface area contributed by atoms with Crippen molar-refractivity contribution < 1.29 is 43.0 Å². The molecule has 306 valence electrons. The van der Waals surface area contributed by atoms with Crippen LogP contribution in [0.5, 0.6) is 0 Å². The van der Waals surface area contributed by atoms with Crippen LogP contribution in [0.25, 0.3) is 0 Å². The van der Waals surface area contributed by atoms with Crippen molar-refractivity contribution in [3.05, 3.63) is 108 Å². The van der Waals surface area contributed by atoms with Gasteiger partial charge in [0.2, 0.25) is 0 Å². The number of hydrogen-bond donors (Lipinski definition) is 0. The van der Waals surface area contributed by atoms with Gasteiger partial charge in [-0.3, -0.25) is 14.4 Å². The molecule has 3 aromatic rings. The number of carbonyl (C=O) groups is 6. The molecule has 3 amide bonds. The molecular formula is C45H57N3O9. The van der Waals surface area contributed by atoms with Crippen LogP contribution in [0, 0.1) is 17.8 Å². The third-order valence-electron chi connectivity index (χ3n) is 10.4. The Kier molecular flexibility index (Phi) is 15.6. The molecule has 6 atom stereocenters. The summed E-state index contributed by atoms with van der Waals surface area (Å²) in [6.45, 7) is 10.3. The van der Waals surface area contributed by atoms with Gasteiger partial charge in [0.1, 0.15) is 18.1 Å². The summed E-state index contributed by atoms with van der Waals surface area (Å²) in [5.41, 5.74) is 2.16. The molecule has 0 radical (unpaired) electrons. The van der Waals surface area contributed by atoms with Crippen molar-refractivity contribution >= 4 is 35.6 Å². The Morgan fingerprint density at radius 1 is 0.404 bits per heavy atom. The fraction of sp³-hybridized carbons (Fsp3) is 0.467. The molecule has 1 saturated heterocycles. The summed E-state index contributed by atoms with van der Waals surface area (Å²) in [4.78, 5) is 89.9. The minimum absolute atomic E-state index is 0.0307. The Balaban J connectivity index is 1.88. The van der Waals surface area contributed by atoms with Crippen molar-refractivity contribution in [2.45, 2.75) is 97.2 Å². The molecule has 1 fully saturated rings. The quantitative estimate of drug-likeness (QED) is 0.219. The average molecular weight is 784 g/mol. The van der Waals surface area contributed by atoms with Crippen molar-refractivity contribution in [2.24, 2.45) is 17.8 Å². The molecule has 1 aliphatic heterocycles. The van der Waals surface area contributed by atoms with Gasteiger partial charge in [-0.1, -0.05) is 133 Å². The normalized spacial score (nSPS) is 23.7. The monoisotopic (exact) mass is 783 g/mol. The van der Waals surface area contributed by atoms with E-state index >= 15 is 0 Å². The first-order valence-corrected chi connectivity index (χ1v) is 19.5. The number of cyclic esters (lactones) is 3. The van der Waals surface area contributed by atoms with Crippen LogP contribution in [0.15, 0.2) is 91.0 Å². The van der Waals surface area contributed by atoms with Crippen molar-refractivity contribution in [2.75, 3.05) is 21.1 Å². The molecule has 1 aliphatic rings. The zero-order valence-corrected chi connectivity index (χ0v) is 34.5. The Hall–Kier alpha value is -5.52. The van der Waals surface area contributed by atoms with Crippen LogP contribution in [-0.4, -0.2) is 108 Å².